The second-order valence-electron chi connectivity index (χ2n) is 12.4. The molecule has 0 spiro atoms. The first-order chi connectivity index (χ1) is 23.8. The molecule has 274 valence electrons. The highest BCUT2D eigenvalue weighted by Gasteiger charge is 2.53. The number of aliphatic hydroxyl groups is 8. The first kappa shape index (κ1) is 36.3. The topological polar surface area (TPSA) is 277 Å². The monoisotopic (exact) mass is 710 g/mol. The van der Waals surface area contributed by atoms with Crippen molar-refractivity contribution in [2.75, 3.05) is 40.1 Å². The summed E-state index contributed by atoms with van der Waals surface area (Å²) in [6.45, 7) is -2.93. The van der Waals surface area contributed by atoms with Gasteiger partial charge < -0.3 is 83.5 Å². The van der Waals surface area contributed by atoms with Crippen LogP contribution in [0.5, 0.6) is 17.2 Å². The third-order valence-electron chi connectivity index (χ3n) is 8.96. The molecular formula is C32H38O18. The third-order valence-corrected chi connectivity index (χ3v) is 8.96. The lowest BCUT2D eigenvalue weighted by atomic mass is 9.99. The van der Waals surface area contributed by atoms with Gasteiger partial charge in [0.25, 0.3) is 0 Å². The summed E-state index contributed by atoms with van der Waals surface area (Å²) < 4.78 is 43.4. The van der Waals surface area contributed by atoms with Gasteiger partial charge in [0.1, 0.15) is 82.3 Å². The molecule has 3 aliphatic rings. The van der Waals surface area contributed by atoms with Crippen LogP contribution in [0.25, 0.3) is 22.1 Å². The zero-order chi connectivity index (χ0) is 36.0. The molecular weight excluding hydrogens is 672 g/mol. The summed E-state index contributed by atoms with van der Waals surface area (Å²) in [4.78, 5) is 13.3. The van der Waals surface area contributed by atoms with Crippen LogP contribution >= 0.6 is 0 Å². The first-order valence-corrected chi connectivity index (χ1v) is 15.5. The molecule has 0 saturated carbocycles. The number of methoxy groups -OCH3 is 1. The van der Waals surface area contributed by atoms with Crippen molar-refractivity contribution in [3.8, 4) is 28.4 Å². The molecule has 0 aliphatic carbocycles. The van der Waals surface area contributed by atoms with Crippen LogP contribution in [0.1, 0.15) is 0 Å². The maximum Gasteiger partial charge on any atom is 0.229 e. The highest BCUT2D eigenvalue weighted by molar-refractivity contribution is 5.88. The first-order valence-electron chi connectivity index (χ1n) is 15.5. The minimum absolute atomic E-state index is 0.0602. The largest absolute Gasteiger partial charge is 0.507 e. The van der Waals surface area contributed by atoms with E-state index in [0.29, 0.717) is 11.3 Å². The lowest BCUT2D eigenvalue weighted by molar-refractivity contribution is -0.289. The van der Waals surface area contributed by atoms with Gasteiger partial charge in [0.05, 0.1) is 45.7 Å². The summed E-state index contributed by atoms with van der Waals surface area (Å²) >= 11 is 0. The van der Waals surface area contributed by atoms with Crippen molar-refractivity contribution in [1.82, 2.24) is 0 Å². The van der Waals surface area contributed by atoms with E-state index in [1.54, 1.807) is 24.3 Å². The Morgan fingerprint density at radius 1 is 0.840 bits per heavy atom. The van der Waals surface area contributed by atoms with Crippen LogP contribution < -0.4 is 14.9 Å². The smallest absolute Gasteiger partial charge is 0.229 e. The number of hydrogen-bond donors (Lipinski definition) is 9. The SMILES string of the molecule is COc1ccc(-c2coc3cc(O[C@@H]4O[C@H](CO[C@@H]5OC[C@](O)(CO[C@@H]6OC[C@](O)(CO)[C@H]6O)[C@H]5O)[C@@H](O)[C@H](O)[C@H]4O)cc(O)c3c2=O)cc1. The molecule has 9 N–H and O–H groups in total. The Morgan fingerprint density at radius 3 is 2.16 bits per heavy atom. The molecule has 1 aromatic heterocycles. The van der Waals surface area contributed by atoms with Gasteiger partial charge in [-0.05, 0) is 17.7 Å². The summed E-state index contributed by atoms with van der Waals surface area (Å²) in [6, 6.07) is 8.98. The number of fused-ring (bicyclic) bond motifs is 1. The molecule has 0 bridgehead atoms. The van der Waals surface area contributed by atoms with Gasteiger partial charge in [0.15, 0.2) is 12.6 Å². The van der Waals surface area contributed by atoms with E-state index in [-0.39, 0.29) is 22.3 Å². The molecule has 0 unspecified atom stereocenters. The van der Waals surface area contributed by atoms with Crippen LogP contribution in [-0.4, -0.2) is 153 Å². The van der Waals surface area contributed by atoms with Gasteiger partial charge >= 0.3 is 0 Å². The lowest BCUT2D eigenvalue weighted by Crippen LogP contribution is -2.60. The number of ether oxygens (including phenoxy) is 7. The fourth-order valence-electron chi connectivity index (χ4n) is 5.80. The van der Waals surface area contributed by atoms with Gasteiger partial charge in [0, 0.05) is 12.1 Å². The molecule has 4 heterocycles. The Hall–Kier alpha value is -3.47. The van der Waals surface area contributed by atoms with E-state index in [0.717, 1.165) is 6.07 Å². The van der Waals surface area contributed by atoms with Crippen molar-refractivity contribution >= 4 is 11.0 Å². The fourth-order valence-corrected chi connectivity index (χ4v) is 5.80. The highest BCUT2D eigenvalue weighted by atomic mass is 16.7. The van der Waals surface area contributed by atoms with Crippen molar-refractivity contribution < 1.29 is 83.5 Å². The Bertz CT molecular complexity index is 1700. The second kappa shape index (κ2) is 14.3. The van der Waals surface area contributed by atoms with Gasteiger partial charge in [-0.1, -0.05) is 12.1 Å². The number of aromatic hydroxyl groups is 1. The van der Waals surface area contributed by atoms with Crippen molar-refractivity contribution in [2.24, 2.45) is 0 Å². The van der Waals surface area contributed by atoms with Gasteiger partial charge in [-0.15, -0.1) is 0 Å². The molecule has 3 fully saturated rings. The molecule has 3 saturated heterocycles. The molecule has 3 aliphatic heterocycles. The van der Waals surface area contributed by atoms with Crippen molar-refractivity contribution in [3.05, 3.63) is 52.9 Å². The maximum atomic E-state index is 13.3. The van der Waals surface area contributed by atoms with Crippen LogP contribution in [0.2, 0.25) is 0 Å². The van der Waals surface area contributed by atoms with E-state index in [2.05, 4.69) is 0 Å². The Morgan fingerprint density at radius 2 is 1.50 bits per heavy atom. The maximum absolute atomic E-state index is 13.3. The van der Waals surface area contributed by atoms with Crippen LogP contribution in [0.4, 0.5) is 0 Å². The van der Waals surface area contributed by atoms with Gasteiger partial charge in [0.2, 0.25) is 11.7 Å². The van der Waals surface area contributed by atoms with E-state index >= 15 is 0 Å². The fraction of sp³-hybridized carbons (Fsp3) is 0.531. The zero-order valence-electron chi connectivity index (χ0n) is 26.5. The highest BCUT2D eigenvalue weighted by Crippen LogP contribution is 2.34. The molecule has 18 nitrogen and oxygen atoms in total. The number of benzene rings is 2. The molecule has 3 aromatic rings. The quantitative estimate of drug-likeness (QED) is 0.0978. The number of hydrogen-bond acceptors (Lipinski definition) is 18. The molecule has 18 heteroatoms. The molecule has 0 amide bonds. The summed E-state index contributed by atoms with van der Waals surface area (Å²) in [7, 11) is 1.51. The summed E-state index contributed by atoms with van der Waals surface area (Å²) in [5.74, 6) is -0.0523. The number of phenols is 1. The normalized spacial score (nSPS) is 35.8. The number of rotatable bonds is 11. The Balaban J connectivity index is 1.09. The molecule has 2 aromatic carbocycles. The zero-order valence-corrected chi connectivity index (χ0v) is 26.5. The van der Waals surface area contributed by atoms with E-state index in [9.17, 15) is 50.8 Å². The second-order valence-corrected chi connectivity index (χ2v) is 12.4. The standard InChI is InChI=1S/C32H38O18/c1-43-15-4-2-14(3-5-15)17-8-44-19-7-16(6-18(34)21(19)22(17)35)49-28-25(38)24(37)23(36)20(50-28)9-45-29-27(40)32(42,12-47-29)13-48-30-26(39)31(41,10-33)11-46-30/h2-8,20,23-30,33-34,36-42H,9-13H2,1H3/t20-,23-,24+,25-,26+,27+,28-,29-,30+,31-,32+/m1/s1. The summed E-state index contributed by atoms with van der Waals surface area (Å²) in [6.07, 6.45) is -13.4. The number of aliphatic hydroxyl groups excluding tert-OH is 6. The minimum atomic E-state index is -2.07. The van der Waals surface area contributed by atoms with Crippen molar-refractivity contribution in [1.29, 1.82) is 0 Å². The minimum Gasteiger partial charge on any atom is -0.507 e. The lowest BCUT2D eigenvalue weighted by Gasteiger charge is -2.40. The number of phenolic OH excluding ortho intramolecular Hbond substituents is 1. The molecule has 11 atom stereocenters. The van der Waals surface area contributed by atoms with Gasteiger partial charge in [-0.2, -0.15) is 0 Å². The van der Waals surface area contributed by atoms with Crippen LogP contribution in [0.15, 0.2) is 51.9 Å². The predicted octanol–water partition coefficient (Wildman–Crippen LogP) is -2.72. The van der Waals surface area contributed by atoms with E-state index in [4.69, 9.17) is 37.6 Å². The van der Waals surface area contributed by atoms with E-state index in [1.807, 2.05) is 0 Å². The average Bonchev–Trinajstić information content (AvgIpc) is 3.56. The molecule has 0 radical (unpaired) electrons. The van der Waals surface area contributed by atoms with Gasteiger partial charge in [-0.25, -0.2) is 0 Å². The predicted molar refractivity (Wildman–Crippen MR) is 164 cm³/mol. The van der Waals surface area contributed by atoms with E-state index in [1.165, 1.54) is 19.4 Å². The average molecular weight is 711 g/mol. The Labute approximate surface area is 282 Å². The van der Waals surface area contributed by atoms with Crippen molar-refractivity contribution in [2.45, 2.75) is 66.7 Å². The van der Waals surface area contributed by atoms with Crippen LogP contribution in [0.3, 0.4) is 0 Å². The van der Waals surface area contributed by atoms with Crippen molar-refractivity contribution in [3.63, 3.8) is 0 Å². The molecule has 50 heavy (non-hydrogen) atoms. The van der Waals surface area contributed by atoms with Gasteiger partial charge in [-0.3, -0.25) is 4.79 Å². The van der Waals surface area contributed by atoms with Crippen LogP contribution in [0, 0.1) is 0 Å². The van der Waals surface area contributed by atoms with E-state index < -0.39 is 111 Å². The molecule has 6 rings (SSSR count). The summed E-state index contributed by atoms with van der Waals surface area (Å²) in [5.41, 5.74) is -3.92. The van der Waals surface area contributed by atoms with Crippen LogP contribution in [-0.2, 0) is 23.7 Å². The third kappa shape index (κ3) is 6.78. The summed E-state index contributed by atoms with van der Waals surface area (Å²) in [5, 5.41) is 93.5. The Kier molecular flexibility index (Phi) is 10.4.